The van der Waals surface area contributed by atoms with Crippen LogP contribution in [-0.2, 0) is 33.8 Å². The summed E-state index contributed by atoms with van der Waals surface area (Å²) in [6.07, 6.45) is -0.102. The molecule has 0 atom stereocenters. The summed E-state index contributed by atoms with van der Waals surface area (Å²) in [6, 6.07) is 25.3. The molecule has 1 heterocycles. The van der Waals surface area contributed by atoms with Crippen LogP contribution in [0.5, 0.6) is 5.75 Å². The van der Waals surface area contributed by atoms with Crippen molar-refractivity contribution >= 4 is 62.0 Å². The van der Waals surface area contributed by atoms with Crippen LogP contribution in [0.1, 0.15) is 43.1 Å². The lowest BCUT2D eigenvalue weighted by Gasteiger charge is -2.19. The van der Waals surface area contributed by atoms with Crippen LogP contribution >= 0.6 is 27.5 Å². The van der Waals surface area contributed by atoms with Crippen LogP contribution in [0, 0.1) is 6.92 Å². The Balaban J connectivity index is 1.22. The number of hydrogen-bond donors (Lipinski definition) is 1. The molecule has 11 heteroatoms. The molecule has 9 nitrogen and oxygen atoms in total. The Bertz CT molecular complexity index is 1960. The molecule has 48 heavy (non-hydrogen) atoms. The first-order valence-electron chi connectivity index (χ1n) is 15.2. The number of esters is 2. The van der Waals surface area contributed by atoms with Gasteiger partial charge in [0, 0.05) is 39.2 Å². The number of anilines is 1. The van der Waals surface area contributed by atoms with Gasteiger partial charge >= 0.3 is 11.9 Å². The molecular weight excluding hydrogens is 698 g/mol. The molecule has 0 aliphatic rings. The first-order chi connectivity index (χ1) is 23.0. The molecule has 248 valence electrons. The van der Waals surface area contributed by atoms with Gasteiger partial charge in [-0.3, -0.25) is 19.1 Å². The third kappa shape index (κ3) is 8.07. The molecule has 0 aliphatic heterocycles. The lowest BCUT2D eigenvalue weighted by molar-refractivity contribution is -0.143. The van der Waals surface area contributed by atoms with Crippen molar-refractivity contribution in [1.29, 1.82) is 0 Å². The summed E-state index contributed by atoms with van der Waals surface area (Å²) in [4.78, 5) is 41.6. The molecule has 0 fully saturated rings. The van der Waals surface area contributed by atoms with E-state index in [0.717, 1.165) is 11.1 Å². The summed E-state index contributed by atoms with van der Waals surface area (Å²) in [5.74, 6) is -0.772. The number of nitrogens with zero attached hydrogens (tertiary/aromatic N) is 2. The highest BCUT2D eigenvalue weighted by molar-refractivity contribution is 9.10. The fourth-order valence-electron chi connectivity index (χ4n) is 5.53. The van der Waals surface area contributed by atoms with E-state index in [2.05, 4.69) is 33.0 Å². The van der Waals surface area contributed by atoms with Gasteiger partial charge in [-0.05, 0) is 101 Å². The molecule has 0 bridgehead atoms. The van der Waals surface area contributed by atoms with Crippen molar-refractivity contribution in [3.05, 3.63) is 128 Å². The Morgan fingerprint density at radius 1 is 0.896 bits per heavy atom. The van der Waals surface area contributed by atoms with Crippen molar-refractivity contribution < 1.29 is 28.6 Å². The van der Waals surface area contributed by atoms with Gasteiger partial charge in [-0.1, -0.05) is 41.9 Å². The lowest BCUT2D eigenvalue weighted by Crippen LogP contribution is -2.19. The van der Waals surface area contributed by atoms with Gasteiger partial charge in [-0.25, -0.2) is 4.79 Å². The van der Waals surface area contributed by atoms with E-state index in [1.807, 2.05) is 25.2 Å². The summed E-state index contributed by atoms with van der Waals surface area (Å²) >= 11 is 9.48. The molecule has 5 aromatic rings. The van der Waals surface area contributed by atoms with Gasteiger partial charge < -0.3 is 19.9 Å². The minimum absolute atomic E-state index is 0.102. The molecule has 0 aliphatic carbocycles. The predicted octanol–water partition coefficient (Wildman–Crippen LogP) is 7.22. The number of fused-ring (bicyclic) bond motifs is 1. The minimum Gasteiger partial charge on any atom is -0.497 e. The summed E-state index contributed by atoms with van der Waals surface area (Å²) < 4.78 is 18.4. The molecular formula is C37H35BrClN3O6. The Morgan fingerprint density at radius 3 is 2.31 bits per heavy atom. The summed E-state index contributed by atoms with van der Waals surface area (Å²) in [5, 5.41) is 1.21. The molecule has 0 spiro atoms. The number of halogens is 2. The maximum Gasteiger partial charge on any atom is 0.338 e. The normalized spacial score (nSPS) is 11.1. The van der Waals surface area contributed by atoms with Gasteiger partial charge in [0.2, 0.25) is 0 Å². The Morgan fingerprint density at radius 2 is 1.60 bits per heavy atom. The Labute approximate surface area is 292 Å². The topological polar surface area (TPSA) is 113 Å². The smallest absolute Gasteiger partial charge is 0.338 e. The van der Waals surface area contributed by atoms with Gasteiger partial charge in [0.1, 0.15) is 19.0 Å². The molecule has 0 amide bonds. The van der Waals surface area contributed by atoms with Gasteiger partial charge in [0.15, 0.2) is 0 Å². The molecule has 4 aromatic carbocycles. The van der Waals surface area contributed by atoms with E-state index in [1.165, 1.54) is 0 Å². The van der Waals surface area contributed by atoms with Crippen molar-refractivity contribution in [3.63, 3.8) is 0 Å². The third-order valence-electron chi connectivity index (χ3n) is 7.92. The maximum absolute atomic E-state index is 13.5. The van der Waals surface area contributed by atoms with Crippen molar-refractivity contribution in [2.24, 2.45) is 0 Å². The number of nitrogens with two attached hydrogens (primary N) is 1. The van der Waals surface area contributed by atoms with E-state index in [0.29, 0.717) is 67.3 Å². The molecule has 1 aromatic heterocycles. The Hall–Kier alpha value is -4.64. The Kier molecular flexibility index (Phi) is 11.2. The highest BCUT2D eigenvalue weighted by Gasteiger charge is 2.23. The first kappa shape index (κ1) is 34.7. The van der Waals surface area contributed by atoms with Gasteiger partial charge in [0.25, 0.3) is 5.91 Å². The fourth-order valence-corrected chi connectivity index (χ4v) is 6.16. The summed E-state index contributed by atoms with van der Waals surface area (Å²) in [6.45, 7) is 2.73. The quantitative estimate of drug-likeness (QED) is 0.0813. The van der Waals surface area contributed by atoms with Crippen molar-refractivity contribution in [1.82, 2.24) is 9.47 Å². The van der Waals surface area contributed by atoms with E-state index >= 15 is 0 Å². The number of nitrogen functional groups attached to an aromatic ring is 1. The first-order valence-corrected chi connectivity index (χ1v) is 16.3. The van der Waals surface area contributed by atoms with Crippen LogP contribution in [0.15, 0.2) is 89.4 Å². The average Bonchev–Trinajstić information content (AvgIpc) is 3.34. The van der Waals surface area contributed by atoms with E-state index in [9.17, 15) is 14.4 Å². The second-order valence-electron chi connectivity index (χ2n) is 11.3. The number of aromatic nitrogens is 1. The van der Waals surface area contributed by atoms with Gasteiger partial charge in [-0.2, -0.15) is 0 Å². The summed E-state index contributed by atoms with van der Waals surface area (Å²) in [5.41, 5.74) is 11.4. The number of methoxy groups -OCH3 is 1. The zero-order chi connectivity index (χ0) is 34.4. The third-order valence-corrected chi connectivity index (χ3v) is 8.83. The second kappa shape index (κ2) is 15.5. The SMILES string of the molecule is COc1ccc2c(c1)c(CC(=O)OCCOC(=O)c1cc(Br)c(N)c(CN(C)Cc3ccccc3)c1)c(C)n2C(=O)c1ccc(Cl)cc1. The molecule has 0 radical (unpaired) electrons. The van der Waals surface area contributed by atoms with Crippen LogP contribution in [0.4, 0.5) is 5.69 Å². The highest BCUT2D eigenvalue weighted by Crippen LogP contribution is 2.31. The van der Waals surface area contributed by atoms with Gasteiger partial charge in [-0.15, -0.1) is 0 Å². The monoisotopic (exact) mass is 731 g/mol. The number of carbonyl (C=O) groups excluding carboxylic acids is 3. The number of rotatable bonds is 12. The van der Waals surface area contributed by atoms with Crippen LogP contribution in [-0.4, -0.2) is 54.7 Å². The van der Waals surface area contributed by atoms with E-state index in [1.54, 1.807) is 73.2 Å². The van der Waals surface area contributed by atoms with Crippen molar-refractivity contribution in [2.75, 3.05) is 33.1 Å². The number of hydrogen-bond acceptors (Lipinski definition) is 8. The fraction of sp³-hybridized carbons (Fsp3) is 0.216. The van der Waals surface area contributed by atoms with E-state index < -0.39 is 11.9 Å². The van der Waals surface area contributed by atoms with Crippen LogP contribution in [0.2, 0.25) is 5.02 Å². The maximum atomic E-state index is 13.5. The van der Waals surface area contributed by atoms with Crippen molar-refractivity contribution in [3.8, 4) is 5.75 Å². The van der Waals surface area contributed by atoms with E-state index in [-0.39, 0.29) is 25.5 Å². The largest absolute Gasteiger partial charge is 0.497 e. The van der Waals surface area contributed by atoms with Crippen molar-refractivity contribution in [2.45, 2.75) is 26.4 Å². The molecule has 0 unspecified atom stereocenters. The van der Waals surface area contributed by atoms with Crippen LogP contribution in [0.25, 0.3) is 10.9 Å². The van der Waals surface area contributed by atoms with Crippen LogP contribution < -0.4 is 10.5 Å². The molecule has 0 saturated carbocycles. The predicted molar refractivity (Wildman–Crippen MR) is 190 cm³/mol. The molecule has 2 N–H and O–H groups in total. The number of carbonyl (C=O) groups is 3. The zero-order valence-electron chi connectivity index (χ0n) is 26.8. The minimum atomic E-state index is -0.564. The lowest BCUT2D eigenvalue weighted by atomic mass is 10.1. The molecule has 0 saturated heterocycles. The average molecular weight is 733 g/mol. The number of benzene rings is 4. The van der Waals surface area contributed by atoms with Crippen LogP contribution in [0.3, 0.4) is 0 Å². The van der Waals surface area contributed by atoms with Gasteiger partial charge in [0.05, 0.1) is 30.3 Å². The zero-order valence-corrected chi connectivity index (χ0v) is 29.1. The van der Waals surface area contributed by atoms with E-state index in [4.69, 9.17) is 31.5 Å². The standard InChI is InChI=1S/C37H35BrClN3O6/c1-23-30(31-19-29(46-3)13-14-33(31)42(23)36(44)25-9-11-28(39)12-10-25)20-34(43)47-15-16-48-37(45)26-17-27(35(40)32(38)18-26)22-41(2)21-24-7-5-4-6-8-24/h4-14,17-19H,15-16,20-22,40H2,1-3H3. The number of ether oxygens (including phenoxy) is 3. The summed E-state index contributed by atoms with van der Waals surface area (Å²) in [7, 11) is 3.53. The highest BCUT2D eigenvalue weighted by atomic mass is 79.9. The molecule has 5 rings (SSSR count). The second-order valence-corrected chi connectivity index (χ2v) is 12.6.